The van der Waals surface area contributed by atoms with E-state index in [1.165, 1.54) is 7.11 Å². The Kier molecular flexibility index (Phi) is 4.45. The van der Waals surface area contributed by atoms with Gasteiger partial charge in [-0.2, -0.15) is 0 Å². The van der Waals surface area contributed by atoms with Crippen molar-refractivity contribution < 1.29 is 9.53 Å². The van der Waals surface area contributed by atoms with Crippen molar-refractivity contribution in [3.05, 3.63) is 18.2 Å². The Labute approximate surface area is 89.2 Å². The second-order valence-corrected chi connectivity index (χ2v) is 3.37. The Bertz CT molecular complexity index is 322. The quantitative estimate of drug-likeness (QED) is 0.693. The third kappa shape index (κ3) is 2.87. The molecule has 2 N–H and O–H groups in total. The zero-order chi connectivity index (χ0) is 11.3. The van der Waals surface area contributed by atoms with Gasteiger partial charge >= 0.3 is 0 Å². The van der Waals surface area contributed by atoms with Crippen LogP contribution in [0.25, 0.3) is 0 Å². The average Bonchev–Trinajstić information content (AvgIpc) is 2.66. The molecule has 84 valence electrons. The molecule has 1 rings (SSSR count). The van der Waals surface area contributed by atoms with E-state index in [1.54, 1.807) is 12.4 Å². The second-order valence-electron chi connectivity index (χ2n) is 3.37. The molecule has 1 aromatic heterocycles. The van der Waals surface area contributed by atoms with Crippen LogP contribution in [0.15, 0.2) is 12.4 Å². The molecule has 0 aromatic carbocycles. The van der Waals surface area contributed by atoms with Crippen LogP contribution in [0.4, 0.5) is 0 Å². The van der Waals surface area contributed by atoms with Gasteiger partial charge in [-0.1, -0.05) is 6.92 Å². The maximum Gasteiger partial charge on any atom is 0.217 e. The van der Waals surface area contributed by atoms with Crippen LogP contribution in [-0.2, 0) is 11.3 Å². The van der Waals surface area contributed by atoms with Crippen LogP contribution in [-0.4, -0.2) is 35.1 Å². The fourth-order valence-electron chi connectivity index (χ4n) is 1.38. The standard InChI is InChI=1S/C10H17N3O2/c1-3-5-13-6-4-12-10(13)9(14)8(11)7-15-2/h4,6,8H,3,5,7,11H2,1-2H3. The first kappa shape index (κ1) is 11.9. The number of imidazole rings is 1. The zero-order valence-electron chi connectivity index (χ0n) is 9.14. The Morgan fingerprint density at radius 1 is 1.73 bits per heavy atom. The van der Waals surface area contributed by atoms with Crippen molar-refractivity contribution in [2.24, 2.45) is 5.73 Å². The Morgan fingerprint density at radius 3 is 3.07 bits per heavy atom. The summed E-state index contributed by atoms with van der Waals surface area (Å²) in [6.07, 6.45) is 4.36. The number of carbonyl (C=O) groups excluding carboxylic acids is 1. The van der Waals surface area contributed by atoms with E-state index < -0.39 is 6.04 Å². The molecule has 0 amide bonds. The minimum Gasteiger partial charge on any atom is -0.383 e. The van der Waals surface area contributed by atoms with E-state index >= 15 is 0 Å². The summed E-state index contributed by atoms with van der Waals surface area (Å²) in [7, 11) is 1.52. The van der Waals surface area contributed by atoms with Crippen molar-refractivity contribution in [3.8, 4) is 0 Å². The van der Waals surface area contributed by atoms with Crippen LogP contribution in [0, 0.1) is 0 Å². The van der Waals surface area contributed by atoms with E-state index in [0.717, 1.165) is 13.0 Å². The Hall–Kier alpha value is -1.20. The van der Waals surface area contributed by atoms with Gasteiger partial charge in [0.2, 0.25) is 5.78 Å². The van der Waals surface area contributed by atoms with Crippen molar-refractivity contribution in [1.29, 1.82) is 0 Å². The number of hydrogen-bond acceptors (Lipinski definition) is 4. The normalized spacial score (nSPS) is 12.7. The SMILES string of the molecule is CCCn1ccnc1C(=O)C(N)COC. The number of aromatic nitrogens is 2. The van der Waals surface area contributed by atoms with Crippen LogP contribution in [0.5, 0.6) is 0 Å². The lowest BCUT2D eigenvalue weighted by molar-refractivity contribution is 0.0877. The predicted octanol–water partition coefficient (Wildman–Crippen LogP) is 0.449. The number of Topliss-reactive ketones (excluding diaryl/α,β-unsaturated/α-hetero) is 1. The molecule has 0 fully saturated rings. The first-order valence-corrected chi connectivity index (χ1v) is 5.00. The minimum absolute atomic E-state index is 0.171. The first-order valence-electron chi connectivity index (χ1n) is 5.00. The van der Waals surface area contributed by atoms with Crippen molar-refractivity contribution in [2.45, 2.75) is 25.9 Å². The summed E-state index contributed by atoms with van der Waals surface area (Å²) in [4.78, 5) is 15.8. The summed E-state index contributed by atoms with van der Waals surface area (Å²) < 4.78 is 6.66. The maximum atomic E-state index is 11.8. The van der Waals surface area contributed by atoms with Gasteiger partial charge in [0, 0.05) is 26.0 Å². The van der Waals surface area contributed by atoms with Crippen LogP contribution < -0.4 is 5.73 Å². The zero-order valence-corrected chi connectivity index (χ0v) is 9.14. The minimum atomic E-state index is -0.631. The summed E-state index contributed by atoms with van der Waals surface area (Å²) in [5, 5.41) is 0. The van der Waals surface area contributed by atoms with Gasteiger partial charge in [-0.05, 0) is 6.42 Å². The lowest BCUT2D eigenvalue weighted by Crippen LogP contribution is -2.36. The highest BCUT2D eigenvalue weighted by Gasteiger charge is 2.19. The largest absolute Gasteiger partial charge is 0.383 e. The van der Waals surface area contributed by atoms with E-state index in [1.807, 2.05) is 11.5 Å². The van der Waals surface area contributed by atoms with Crippen molar-refractivity contribution in [3.63, 3.8) is 0 Å². The molecule has 15 heavy (non-hydrogen) atoms. The lowest BCUT2D eigenvalue weighted by Gasteiger charge is -2.10. The number of methoxy groups -OCH3 is 1. The van der Waals surface area contributed by atoms with E-state index in [0.29, 0.717) is 5.82 Å². The van der Waals surface area contributed by atoms with Crippen LogP contribution in [0.3, 0.4) is 0 Å². The number of nitrogens with two attached hydrogens (primary N) is 1. The summed E-state index contributed by atoms with van der Waals surface area (Å²) in [5.74, 6) is 0.247. The monoisotopic (exact) mass is 211 g/mol. The van der Waals surface area contributed by atoms with Gasteiger partial charge in [-0.3, -0.25) is 4.79 Å². The molecule has 0 spiro atoms. The Balaban J connectivity index is 2.76. The van der Waals surface area contributed by atoms with Gasteiger partial charge in [0.25, 0.3) is 0 Å². The van der Waals surface area contributed by atoms with Gasteiger partial charge in [0.05, 0.1) is 12.6 Å². The molecule has 1 unspecified atom stereocenters. The van der Waals surface area contributed by atoms with E-state index in [-0.39, 0.29) is 12.4 Å². The maximum absolute atomic E-state index is 11.8. The molecule has 1 aromatic rings. The molecule has 5 nitrogen and oxygen atoms in total. The molecule has 0 bridgehead atoms. The molecule has 0 aliphatic heterocycles. The number of ketones is 1. The summed E-state index contributed by atoms with van der Waals surface area (Å²) in [6.45, 7) is 3.04. The average molecular weight is 211 g/mol. The third-order valence-corrected chi connectivity index (χ3v) is 2.08. The molecule has 1 atom stereocenters. The summed E-state index contributed by atoms with van der Waals surface area (Å²) >= 11 is 0. The number of ether oxygens (including phenoxy) is 1. The molecule has 1 heterocycles. The molecule has 0 aliphatic carbocycles. The number of carbonyl (C=O) groups is 1. The van der Waals surface area contributed by atoms with Gasteiger partial charge in [-0.15, -0.1) is 0 Å². The number of rotatable bonds is 6. The third-order valence-electron chi connectivity index (χ3n) is 2.08. The number of hydrogen-bond donors (Lipinski definition) is 1. The van der Waals surface area contributed by atoms with Crippen LogP contribution in [0.2, 0.25) is 0 Å². The van der Waals surface area contributed by atoms with Gasteiger partial charge in [0.1, 0.15) is 0 Å². The fraction of sp³-hybridized carbons (Fsp3) is 0.600. The number of nitrogens with zero attached hydrogens (tertiary/aromatic N) is 2. The van der Waals surface area contributed by atoms with E-state index in [4.69, 9.17) is 10.5 Å². The van der Waals surface area contributed by atoms with Crippen LogP contribution >= 0.6 is 0 Å². The molecular weight excluding hydrogens is 194 g/mol. The van der Waals surface area contributed by atoms with Crippen molar-refractivity contribution in [1.82, 2.24) is 9.55 Å². The van der Waals surface area contributed by atoms with E-state index in [2.05, 4.69) is 4.98 Å². The van der Waals surface area contributed by atoms with Crippen molar-refractivity contribution >= 4 is 5.78 Å². The summed E-state index contributed by atoms with van der Waals surface area (Å²) in [5.41, 5.74) is 5.66. The molecule has 0 aliphatic rings. The van der Waals surface area contributed by atoms with E-state index in [9.17, 15) is 4.79 Å². The fourth-order valence-corrected chi connectivity index (χ4v) is 1.38. The summed E-state index contributed by atoms with van der Waals surface area (Å²) in [6, 6.07) is -0.631. The molecule has 0 saturated carbocycles. The highest BCUT2D eigenvalue weighted by atomic mass is 16.5. The molecule has 5 heteroatoms. The van der Waals surface area contributed by atoms with Gasteiger partial charge < -0.3 is 15.0 Å². The van der Waals surface area contributed by atoms with Crippen molar-refractivity contribution in [2.75, 3.05) is 13.7 Å². The smallest absolute Gasteiger partial charge is 0.217 e. The Morgan fingerprint density at radius 2 is 2.47 bits per heavy atom. The molecule has 0 saturated heterocycles. The molecular formula is C10H17N3O2. The topological polar surface area (TPSA) is 70.1 Å². The first-order chi connectivity index (χ1) is 7.20. The second kappa shape index (κ2) is 5.63. The highest BCUT2D eigenvalue weighted by molar-refractivity contribution is 5.97. The predicted molar refractivity (Wildman–Crippen MR) is 56.7 cm³/mol. The lowest BCUT2D eigenvalue weighted by atomic mass is 10.2. The highest BCUT2D eigenvalue weighted by Crippen LogP contribution is 2.03. The van der Waals surface area contributed by atoms with Crippen LogP contribution in [0.1, 0.15) is 24.0 Å². The van der Waals surface area contributed by atoms with Gasteiger partial charge in [0.15, 0.2) is 5.82 Å². The molecule has 0 radical (unpaired) electrons. The van der Waals surface area contributed by atoms with Gasteiger partial charge in [-0.25, -0.2) is 4.98 Å². The number of aryl methyl sites for hydroxylation is 1.